The van der Waals surface area contributed by atoms with Crippen LogP contribution in [0.3, 0.4) is 0 Å². The molecular weight excluding hydrogens is 406 g/mol. The zero-order valence-corrected chi connectivity index (χ0v) is 18.7. The third-order valence-electron chi connectivity index (χ3n) is 5.11. The summed E-state index contributed by atoms with van der Waals surface area (Å²) in [6.07, 6.45) is 0. The highest BCUT2D eigenvalue weighted by molar-refractivity contribution is 5.79. The number of amides is 1. The minimum Gasteiger partial charge on any atom is -0.484 e. The molecular formula is C24H33N5O3. The molecule has 8 nitrogen and oxygen atoms in total. The molecule has 172 valence electrons. The number of benzene rings is 2. The lowest BCUT2D eigenvalue weighted by Crippen LogP contribution is -2.38. The van der Waals surface area contributed by atoms with Gasteiger partial charge >= 0.3 is 0 Å². The summed E-state index contributed by atoms with van der Waals surface area (Å²) in [5.41, 5.74) is 8.70. The average Bonchev–Trinajstić information content (AvgIpc) is 2.81. The van der Waals surface area contributed by atoms with Crippen LogP contribution < -0.4 is 21.1 Å². The van der Waals surface area contributed by atoms with Crippen molar-refractivity contribution in [2.75, 3.05) is 39.5 Å². The van der Waals surface area contributed by atoms with E-state index in [9.17, 15) is 4.79 Å². The molecule has 32 heavy (non-hydrogen) atoms. The SMILES string of the molecule is CCNC(=NCc1cccc(OCC(N)=O)c1)NCc1ccccc1CN1CCOCC1. The van der Waals surface area contributed by atoms with E-state index in [0.717, 1.165) is 50.9 Å². The number of ether oxygens (including phenoxy) is 2. The zero-order valence-electron chi connectivity index (χ0n) is 18.7. The Morgan fingerprint density at radius 2 is 1.91 bits per heavy atom. The molecule has 0 bridgehead atoms. The van der Waals surface area contributed by atoms with Gasteiger partial charge in [0.25, 0.3) is 5.91 Å². The van der Waals surface area contributed by atoms with Crippen LogP contribution in [0.5, 0.6) is 5.75 Å². The fourth-order valence-electron chi connectivity index (χ4n) is 3.46. The summed E-state index contributed by atoms with van der Waals surface area (Å²) in [6, 6.07) is 16.0. The van der Waals surface area contributed by atoms with Gasteiger partial charge in [0.15, 0.2) is 12.6 Å². The molecule has 1 heterocycles. The van der Waals surface area contributed by atoms with E-state index in [1.807, 2.05) is 25.1 Å². The Kier molecular flexibility index (Phi) is 9.34. The van der Waals surface area contributed by atoms with Gasteiger partial charge in [0, 0.05) is 32.7 Å². The quantitative estimate of drug-likeness (QED) is 0.384. The number of nitrogens with zero attached hydrogens (tertiary/aromatic N) is 2. The number of morpholine rings is 1. The summed E-state index contributed by atoms with van der Waals surface area (Å²) in [5.74, 6) is 0.851. The van der Waals surface area contributed by atoms with Crippen molar-refractivity contribution in [2.24, 2.45) is 10.7 Å². The van der Waals surface area contributed by atoms with Crippen LogP contribution in [0.25, 0.3) is 0 Å². The van der Waals surface area contributed by atoms with Crippen molar-refractivity contribution in [3.8, 4) is 5.75 Å². The van der Waals surface area contributed by atoms with Gasteiger partial charge in [-0.3, -0.25) is 9.69 Å². The minimum atomic E-state index is -0.499. The van der Waals surface area contributed by atoms with Crippen molar-refractivity contribution in [1.82, 2.24) is 15.5 Å². The van der Waals surface area contributed by atoms with E-state index in [2.05, 4.69) is 39.8 Å². The molecule has 0 aromatic heterocycles. The first-order valence-electron chi connectivity index (χ1n) is 11.0. The predicted octanol–water partition coefficient (Wildman–Crippen LogP) is 1.64. The van der Waals surface area contributed by atoms with Gasteiger partial charge in [-0.15, -0.1) is 0 Å². The van der Waals surface area contributed by atoms with E-state index < -0.39 is 5.91 Å². The molecule has 3 rings (SSSR count). The molecule has 1 aliphatic heterocycles. The lowest BCUT2D eigenvalue weighted by Gasteiger charge is -2.27. The molecule has 1 fully saturated rings. The fraction of sp³-hybridized carbons (Fsp3) is 0.417. The van der Waals surface area contributed by atoms with Crippen LogP contribution in [0.4, 0.5) is 0 Å². The zero-order chi connectivity index (χ0) is 22.6. The molecule has 8 heteroatoms. The third kappa shape index (κ3) is 7.86. The summed E-state index contributed by atoms with van der Waals surface area (Å²) in [6.45, 7) is 8.30. The van der Waals surface area contributed by atoms with Crippen molar-refractivity contribution in [3.05, 3.63) is 65.2 Å². The molecule has 2 aromatic rings. The van der Waals surface area contributed by atoms with Crippen molar-refractivity contribution in [1.29, 1.82) is 0 Å². The summed E-state index contributed by atoms with van der Waals surface area (Å²) < 4.78 is 10.8. The van der Waals surface area contributed by atoms with Crippen molar-refractivity contribution in [3.63, 3.8) is 0 Å². The van der Waals surface area contributed by atoms with Gasteiger partial charge in [-0.1, -0.05) is 36.4 Å². The van der Waals surface area contributed by atoms with Crippen LogP contribution >= 0.6 is 0 Å². The topological polar surface area (TPSA) is 101 Å². The number of aliphatic imine (C=N–C) groups is 1. The first-order chi connectivity index (χ1) is 15.6. The van der Waals surface area contributed by atoms with Gasteiger partial charge in [-0.25, -0.2) is 4.99 Å². The van der Waals surface area contributed by atoms with Crippen LogP contribution in [0, 0.1) is 0 Å². The van der Waals surface area contributed by atoms with Crippen molar-refractivity contribution < 1.29 is 14.3 Å². The van der Waals surface area contributed by atoms with Gasteiger partial charge in [0.2, 0.25) is 0 Å². The number of nitrogens with two attached hydrogens (primary N) is 1. The summed E-state index contributed by atoms with van der Waals surface area (Å²) in [7, 11) is 0. The predicted molar refractivity (Wildman–Crippen MR) is 125 cm³/mol. The summed E-state index contributed by atoms with van der Waals surface area (Å²) in [5, 5.41) is 6.74. The maximum atomic E-state index is 10.9. The van der Waals surface area contributed by atoms with E-state index in [1.54, 1.807) is 6.07 Å². The average molecular weight is 440 g/mol. The largest absolute Gasteiger partial charge is 0.484 e. The van der Waals surface area contributed by atoms with Crippen molar-refractivity contribution >= 4 is 11.9 Å². The maximum absolute atomic E-state index is 10.9. The Hall–Kier alpha value is -3.10. The number of carbonyl (C=O) groups excluding carboxylic acids is 1. The number of rotatable bonds is 10. The first kappa shape index (κ1) is 23.6. The van der Waals surface area contributed by atoms with Crippen molar-refractivity contribution in [2.45, 2.75) is 26.6 Å². The van der Waals surface area contributed by atoms with Crippen LogP contribution in [-0.4, -0.2) is 56.2 Å². The molecule has 1 saturated heterocycles. The van der Waals surface area contributed by atoms with Gasteiger partial charge in [-0.2, -0.15) is 0 Å². The molecule has 0 spiro atoms. The van der Waals surface area contributed by atoms with Gasteiger partial charge in [-0.05, 0) is 35.7 Å². The van der Waals surface area contributed by atoms with E-state index in [0.29, 0.717) is 18.8 Å². The molecule has 2 aromatic carbocycles. The molecule has 0 unspecified atom stereocenters. The van der Waals surface area contributed by atoms with E-state index in [4.69, 9.17) is 20.2 Å². The van der Waals surface area contributed by atoms with Gasteiger partial charge < -0.3 is 25.8 Å². The number of hydrogen-bond acceptors (Lipinski definition) is 5. The van der Waals surface area contributed by atoms with E-state index in [1.165, 1.54) is 11.1 Å². The van der Waals surface area contributed by atoms with Gasteiger partial charge in [0.1, 0.15) is 5.75 Å². The van der Waals surface area contributed by atoms with E-state index in [-0.39, 0.29) is 6.61 Å². The number of guanidine groups is 1. The van der Waals surface area contributed by atoms with E-state index >= 15 is 0 Å². The normalized spacial score (nSPS) is 14.7. The van der Waals surface area contributed by atoms with Crippen LogP contribution in [0.15, 0.2) is 53.5 Å². The summed E-state index contributed by atoms with van der Waals surface area (Å²) >= 11 is 0. The number of carbonyl (C=O) groups is 1. The van der Waals surface area contributed by atoms with Gasteiger partial charge in [0.05, 0.1) is 19.8 Å². The number of primary amides is 1. The smallest absolute Gasteiger partial charge is 0.255 e. The monoisotopic (exact) mass is 439 g/mol. The maximum Gasteiger partial charge on any atom is 0.255 e. The Balaban J connectivity index is 1.60. The number of nitrogens with one attached hydrogen (secondary N) is 2. The standard InChI is InChI=1S/C24H33N5O3/c1-2-26-24(27-15-19-6-5-9-22(14-19)32-18-23(25)30)28-16-20-7-3-4-8-21(20)17-29-10-12-31-13-11-29/h3-9,14H,2,10-13,15-18H2,1H3,(H2,25,30)(H2,26,27,28). The molecule has 0 atom stereocenters. The molecule has 0 saturated carbocycles. The Morgan fingerprint density at radius 3 is 2.66 bits per heavy atom. The molecule has 1 amide bonds. The second-order valence-electron chi connectivity index (χ2n) is 7.61. The second-order valence-corrected chi connectivity index (χ2v) is 7.61. The van der Waals surface area contributed by atoms with Crippen LogP contribution in [0.1, 0.15) is 23.6 Å². The van der Waals surface area contributed by atoms with Crippen LogP contribution in [-0.2, 0) is 29.2 Å². The first-order valence-corrected chi connectivity index (χ1v) is 11.0. The summed E-state index contributed by atoms with van der Waals surface area (Å²) in [4.78, 5) is 18.0. The Bertz CT molecular complexity index is 897. The van der Waals surface area contributed by atoms with Crippen LogP contribution in [0.2, 0.25) is 0 Å². The third-order valence-corrected chi connectivity index (χ3v) is 5.11. The fourth-order valence-corrected chi connectivity index (χ4v) is 3.46. The lowest BCUT2D eigenvalue weighted by atomic mass is 10.1. The minimum absolute atomic E-state index is 0.138. The molecule has 4 N–H and O–H groups in total. The molecule has 0 radical (unpaired) electrons. The highest BCUT2D eigenvalue weighted by Gasteiger charge is 2.13. The highest BCUT2D eigenvalue weighted by atomic mass is 16.5. The molecule has 1 aliphatic rings. The highest BCUT2D eigenvalue weighted by Crippen LogP contribution is 2.15. The Morgan fingerprint density at radius 1 is 1.12 bits per heavy atom. The second kappa shape index (κ2) is 12.7. The number of hydrogen-bond donors (Lipinski definition) is 3. The molecule has 0 aliphatic carbocycles. The lowest BCUT2D eigenvalue weighted by molar-refractivity contribution is -0.119. The Labute approximate surface area is 189 Å².